The lowest BCUT2D eigenvalue weighted by Gasteiger charge is -2.59. The smallest absolute Gasteiger partial charge is 0.294 e. The van der Waals surface area contributed by atoms with E-state index in [2.05, 4.69) is 22.7 Å². The first-order chi connectivity index (χ1) is 14.8. The summed E-state index contributed by atoms with van der Waals surface area (Å²) in [5, 5.41) is 12.9. The predicted octanol–water partition coefficient (Wildman–Crippen LogP) is 4.32. The number of nitriles is 1. The van der Waals surface area contributed by atoms with E-state index < -0.39 is 38.4 Å². The van der Waals surface area contributed by atoms with E-state index in [1.807, 2.05) is 0 Å². The van der Waals surface area contributed by atoms with Crippen LogP contribution in [-0.4, -0.2) is 26.1 Å². The molecule has 2 atom stereocenters. The molecular weight excluding hydrogens is 436 g/mol. The molecule has 0 radical (unpaired) electrons. The van der Waals surface area contributed by atoms with Crippen molar-refractivity contribution in [3.63, 3.8) is 0 Å². The Bertz CT molecular complexity index is 1130. The zero-order valence-electron chi connectivity index (χ0n) is 18.2. The van der Waals surface area contributed by atoms with Crippen LogP contribution in [0, 0.1) is 28.6 Å². The second kappa shape index (κ2) is 7.27. The molecule has 4 aliphatic rings. The van der Waals surface area contributed by atoms with Crippen LogP contribution in [0.25, 0.3) is 0 Å². The number of amides is 1. The average Bonchev–Trinajstić information content (AvgIpc) is 2.65. The van der Waals surface area contributed by atoms with Gasteiger partial charge in [0, 0.05) is 11.1 Å². The van der Waals surface area contributed by atoms with Crippen molar-refractivity contribution in [2.45, 2.75) is 56.9 Å². The van der Waals surface area contributed by atoms with E-state index in [4.69, 9.17) is 0 Å². The third-order valence-electron chi connectivity index (χ3n) is 7.14. The largest absolute Gasteiger partial charge is 0.346 e. The molecule has 4 aliphatic carbocycles. The second-order valence-electron chi connectivity index (χ2n) is 10.1. The number of anilines is 1. The second-order valence-corrected chi connectivity index (χ2v) is 11.8. The van der Waals surface area contributed by atoms with Crippen molar-refractivity contribution in [1.29, 1.82) is 5.26 Å². The molecule has 1 aromatic carbocycles. The Balaban J connectivity index is 1.71. The van der Waals surface area contributed by atoms with Crippen LogP contribution >= 0.6 is 0 Å². The molecule has 0 aliphatic heterocycles. The molecule has 4 saturated carbocycles. The number of carbonyl (C=O) groups excluding carboxylic acids is 1. The molecule has 1 amide bonds. The zero-order chi connectivity index (χ0) is 23.5. The van der Waals surface area contributed by atoms with E-state index >= 15 is 0 Å². The van der Waals surface area contributed by atoms with E-state index in [0.717, 1.165) is 50.5 Å². The molecule has 0 spiro atoms. The summed E-state index contributed by atoms with van der Waals surface area (Å²) in [5.41, 5.74) is -2.09. The fourth-order valence-corrected chi connectivity index (χ4v) is 6.89. The summed E-state index contributed by atoms with van der Waals surface area (Å²) in [4.78, 5) is 13.4. The van der Waals surface area contributed by atoms with E-state index in [1.165, 1.54) is 13.0 Å². The van der Waals surface area contributed by atoms with Gasteiger partial charge < -0.3 is 5.32 Å². The number of halogens is 2. The molecule has 2 N–H and O–H groups in total. The van der Waals surface area contributed by atoms with E-state index in [1.54, 1.807) is 0 Å². The molecule has 4 fully saturated rings. The Hall–Kier alpha value is -2.47. The average molecular weight is 464 g/mol. The zero-order valence-corrected chi connectivity index (χ0v) is 19.0. The third kappa shape index (κ3) is 4.01. The molecule has 0 heterocycles. The molecule has 0 saturated heterocycles. The van der Waals surface area contributed by atoms with E-state index in [-0.39, 0.29) is 16.8 Å². The lowest BCUT2D eigenvalue weighted by atomic mass is 9.47. The first kappa shape index (κ1) is 22.7. The van der Waals surface area contributed by atoms with Crippen LogP contribution in [-0.2, 0) is 15.9 Å². The standard InChI is InChI=1S/C23H27F2N3O3S/c1-14(2)23(24,25)17-4-5-19(28-32(3,30)31)18(7-17)20(29)27-22-10-15-6-16(11-22)9-21(8-15,12-22)13-26/h4-5,7,15-16,28H,1,6,8-12H2,2-3H3,(H,27,29). The Morgan fingerprint density at radius 1 is 1.25 bits per heavy atom. The van der Waals surface area contributed by atoms with Crippen molar-refractivity contribution in [2.24, 2.45) is 17.3 Å². The van der Waals surface area contributed by atoms with Crippen LogP contribution in [0.15, 0.2) is 30.4 Å². The molecular formula is C23H27F2N3O3S. The maximum Gasteiger partial charge on any atom is 0.294 e. The van der Waals surface area contributed by atoms with Gasteiger partial charge in [0.2, 0.25) is 10.0 Å². The number of allylic oxidation sites excluding steroid dienone is 1. The molecule has 4 bridgehead atoms. The minimum absolute atomic E-state index is 0.0639. The maximum atomic E-state index is 14.6. The van der Waals surface area contributed by atoms with Gasteiger partial charge in [-0.1, -0.05) is 12.6 Å². The minimum Gasteiger partial charge on any atom is -0.346 e. The van der Waals surface area contributed by atoms with Gasteiger partial charge in [-0.25, -0.2) is 8.42 Å². The molecule has 32 heavy (non-hydrogen) atoms. The van der Waals surface area contributed by atoms with E-state index in [9.17, 15) is 27.3 Å². The number of alkyl halides is 2. The Morgan fingerprint density at radius 2 is 1.88 bits per heavy atom. The summed E-state index contributed by atoms with van der Waals surface area (Å²) >= 11 is 0. The molecule has 2 unspecified atom stereocenters. The molecule has 5 rings (SSSR count). The van der Waals surface area contributed by atoms with Crippen molar-refractivity contribution >= 4 is 21.6 Å². The van der Waals surface area contributed by atoms with Gasteiger partial charge in [-0.3, -0.25) is 9.52 Å². The van der Waals surface area contributed by atoms with Crippen LogP contribution in [0.5, 0.6) is 0 Å². The fourth-order valence-electron chi connectivity index (χ4n) is 6.31. The molecule has 9 heteroatoms. The number of nitrogens with one attached hydrogen (secondary N) is 2. The number of hydrogen-bond donors (Lipinski definition) is 2. The summed E-state index contributed by atoms with van der Waals surface area (Å²) < 4.78 is 55.1. The number of carbonyl (C=O) groups is 1. The number of hydrogen-bond acceptors (Lipinski definition) is 4. The number of sulfonamides is 1. The molecule has 0 aromatic heterocycles. The van der Waals surface area contributed by atoms with Crippen molar-refractivity contribution < 1.29 is 22.0 Å². The van der Waals surface area contributed by atoms with Gasteiger partial charge in [-0.15, -0.1) is 0 Å². The molecule has 6 nitrogen and oxygen atoms in total. The maximum absolute atomic E-state index is 14.6. The van der Waals surface area contributed by atoms with Crippen LogP contribution in [0.1, 0.15) is 61.4 Å². The monoisotopic (exact) mass is 463 g/mol. The van der Waals surface area contributed by atoms with E-state index in [0.29, 0.717) is 18.3 Å². The van der Waals surface area contributed by atoms with Gasteiger partial charge in [-0.2, -0.15) is 14.0 Å². The first-order valence-corrected chi connectivity index (χ1v) is 12.6. The lowest BCUT2D eigenvalue weighted by Crippen LogP contribution is -2.62. The van der Waals surface area contributed by atoms with Gasteiger partial charge in [0.05, 0.1) is 29.0 Å². The van der Waals surface area contributed by atoms with Crippen LogP contribution < -0.4 is 10.0 Å². The Labute approximate surface area is 187 Å². The van der Waals surface area contributed by atoms with Crippen molar-refractivity contribution in [3.8, 4) is 6.07 Å². The van der Waals surface area contributed by atoms with Crippen molar-refractivity contribution in [3.05, 3.63) is 41.5 Å². The third-order valence-corrected chi connectivity index (χ3v) is 7.73. The summed E-state index contributed by atoms with van der Waals surface area (Å²) in [6, 6.07) is 5.78. The highest BCUT2D eigenvalue weighted by molar-refractivity contribution is 7.92. The van der Waals surface area contributed by atoms with Crippen molar-refractivity contribution in [2.75, 3.05) is 11.0 Å². The number of benzene rings is 1. The highest BCUT2D eigenvalue weighted by atomic mass is 32.2. The summed E-state index contributed by atoms with van der Waals surface area (Å²) in [6.45, 7) is 4.52. The van der Waals surface area contributed by atoms with Gasteiger partial charge in [0.25, 0.3) is 11.8 Å². The number of nitrogens with zero attached hydrogens (tertiary/aromatic N) is 1. The Morgan fingerprint density at radius 3 is 2.41 bits per heavy atom. The van der Waals surface area contributed by atoms with Gasteiger partial charge in [-0.05, 0) is 75.0 Å². The molecule has 1 aromatic rings. The Kier molecular flexibility index (Phi) is 5.16. The summed E-state index contributed by atoms with van der Waals surface area (Å²) in [6.07, 6.45) is 5.66. The van der Waals surface area contributed by atoms with Crippen LogP contribution in [0.3, 0.4) is 0 Å². The minimum atomic E-state index is -3.74. The first-order valence-electron chi connectivity index (χ1n) is 10.7. The highest BCUT2D eigenvalue weighted by Gasteiger charge is 2.58. The van der Waals surface area contributed by atoms with Crippen LogP contribution in [0.4, 0.5) is 14.5 Å². The van der Waals surface area contributed by atoms with Crippen molar-refractivity contribution in [1.82, 2.24) is 5.32 Å². The van der Waals surface area contributed by atoms with Gasteiger partial charge in [0.15, 0.2) is 0 Å². The summed E-state index contributed by atoms with van der Waals surface area (Å²) in [7, 11) is -3.74. The number of rotatable bonds is 6. The summed E-state index contributed by atoms with van der Waals surface area (Å²) in [5.74, 6) is -3.29. The lowest BCUT2D eigenvalue weighted by molar-refractivity contribution is -0.0493. The highest BCUT2D eigenvalue weighted by Crippen LogP contribution is 2.61. The van der Waals surface area contributed by atoms with Crippen LogP contribution in [0.2, 0.25) is 0 Å². The fraction of sp³-hybridized carbons (Fsp3) is 0.565. The molecule has 172 valence electrons. The normalized spacial score (nSPS) is 31.1. The predicted molar refractivity (Wildman–Crippen MR) is 117 cm³/mol. The SMILES string of the molecule is C=C(C)C(F)(F)c1ccc(NS(C)(=O)=O)c(C(=O)NC23CC4CC(CC(C#N)(C4)C2)C3)c1. The van der Waals surface area contributed by atoms with Gasteiger partial charge in [0.1, 0.15) is 0 Å². The van der Waals surface area contributed by atoms with Gasteiger partial charge >= 0.3 is 0 Å². The topological polar surface area (TPSA) is 99.1 Å². The quantitative estimate of drug-likeness (QED) is 0.614.